The molecule has 0 saturated heterocycles. The Labute approximate surface area is 275 Å². The van der Waals surface area contributed by atoms with Crippen LogP contribution in [-0.2, 0) is 29.1 Å². The van der Waals surface area contributed by atoms with Crippen molar-refractivity contribution in [2.45, 2.75) is 219 Å². The van der Waals surface area contributed by atoms with Crippen LogP contribution in [0.3, 0.4) is 0 Å². The molecule has 0 spiro atoms. The van der Waals surface area contributed by atoms with E-state index in [1.807, 2.05) is 0 Å². The quantitative estimate of drug-likeness (QED) is 0.0575. The van der Waals surface area contributed by atoms with Crippen molar-refractivity contribution in [3.8, 4) is 0 Å². The Morgan fingerprint density at radius 2 is 0.476 bits per heavy atom. The molecular formula is C36H73NO4Zn. The molecule has 0 aromatic rings. The molecule has 0 radical (unpaired) electrons. The first-order valence-corrected chi connectivity index (χ1v) is 17.9. The van der Waals surface area contributed by atoms with Crippen molar-refractivity contribution in [1.29, 1.82) is 0 Å². The van der Waals surface area contributed by atoms with Gasteiger partial charge in [-0.3, -0.25) is 0 Å². The van der Waals surface area contributed by atoms with Crippen LogP contribution in [0.5, 0.6) is 0 Å². The molecule has 42 heavy (non-hydrogen) atoms. The molecule has 0 atom stereocenters. The molecule has 0 unspecified atom stereocenters. The van der Waals surface area contributed by atoms with Crippen LogP contribution in [0.2, 0.25) is 0 Å². The van der Waals surface area contributed by atoms with Gasteiger partial charge in [0.2, 0.25) is 0 Å². The fourth-order valence-electron chi connectivity index (χ4n) is 5.28. The fourth-order valence-corrected chi connectivity index (χ4v) is 5.28. The zero-order chi connectivity index (χ0) is 29.8. The van der Waals surface area contributed by atoms with Crippen LogP contribution in [-0.4, -0.2) is 11.9 Å². The summed E-state index contributed by atoms with van der Waals surface area (Å²) in [5.41, 5.74) is 0. The molecule has 0 fully saturated rings. The van der Waals surface area contributed by atoms with Crippen LogP contribution in [0.4, 0.5) is 0 Å². The summed E-state index contributed by atoms with van der Waals surface area (Å²) >= 11 is 0. The van der Waals surface area contributed by atoms with Crippen LogP contribution < -0.4 is 16.4 Å². The third kappa shape index (κ3) is 52.2. The van der Waals surface area contributed by atoms with Crippen molar-refractivity contribution >= 4 is 11.9 Å². The molecule has 5 nitrogen and oxygen atoms in total. The van der Waals surface area contributed by atoms with Gasteiger partial charge >= 0.3 is 19.5 Å². The van der Waals surface area contributed by atoms with Gasteiger partial charge in [0, 0.05) is 11.9 Å². The van der Waals surface area contributed by atoms with Crippen molar-refractivity contribution in [3.63, 3.8) is 0 Å². The molecule has 0 amide bonds. The number of hydrogen-bond acceptors (Lipinski definition) is 5. The third-order valence-corrected chi connectivity index (χ3v) is 7.97. The maximum Gasteiger partial charge on any atom is 2.00 e. The summed E-state index contributed by atoms with van der Waals surface area (Å²) in [5.74, 6) is -1.81. The molecule has 248 valence electrons. The zero-order valence-electron chi connectivity index (χ0n) is 28.7. The van der Waals surface area contributed by atoms with Crippen LogP contribution in [0.15, 0.2) is 0 Å². The van der Waals surface area contributed by atoms with Gasteiger partial charge in [-0.25, -0.2) is 0 Å². The molecule has 0 bridgehead atoms. The number of carboxylic acids is 2. The maximum atomic E-state index is 10.2. The van der Waals surface area contributed by atoms with Crippen molar-refractivity contribution in [2.24, 2.45) is 0 Å². The van der Waals surface area contributed by atoms with Gasteiger partial charge in [-0.1, -0.05) is 194 Å². The fraction of sp³-hybridized carbons (Fsp3) is 0.944. The summed E-state index contributed by atoms with van der Waals surface area (Å²) in [6, 6.07) is 0. The van der Waals surface area contributed by atoms with Gasteiger partial charge in [-0.2, -0.15) is 0 Å². The maximum absolute atomic E-state index is 10.2. The minimum atomic E-state index is -0.903. The number of carbonyl (C=O) groups excluding carboxylic acids is 2. The van der Waals surface area contributed by atoms with E-state index >= 15 is 0 Å². The van der Waals surface area contributed by atoms with Gasteiger partial charge in [0.1, 0.15) is 0 Å². The van der Waals surface area contributed by atoms with Crippen molar-refractivity contribution in [3.05, 3.63) is 0 Å². The number of aliphatic carboxylic acids is 2. The minimum absolute atomic E-state index is 0. The average molecular weight is 649 g/mol. The molecule has 0 aromatic heterocycles. The average Bonchev–Trinajstić information content (AvgIpc) is 2.93. The van der Waals surface area contributed by atoms with E-state index in [0.717, 1.165) is 25.7 Å². The normalized spacial score (nSPS) is 10.3. The van der Waals surface area contributed by atoms with E-state index in [2.05, 4.69) is 13.8 Å². The summed E-state index contributed by atoms with van der Waals surface area (Å²) < 4.78 is 0. The van der Waals surface area contributed by atoms with Gasteiger partial charge in [-0.15, -0.1) is 0 Å². The largest absolute Gasteiger partial charge is 2.00 e. The molecule has 0 heterocycles. The second-order valence-electron chi connectivity index (χ2n) is 12.1. The summed E-state index contributed by atoms with van der Waals surface area (Å²) in [5, 5.41) is 20.4. The first-order valence-electron chi connectivity index (χ1n) is 17.9. The van der Waals surface area contributed by atoms with Crippen molar-refractivity contribution in [1.82, 2.24) is 6.15 Å². The number of rotatable bonds is 32. The van der Waals surface area contributed by atoms with Gasteiger partial charge in [-0.05, 0) is 25.7 Å². The second kappa shape index (κ2) is 45.0. The van der Waals surface area contributed by atoms with Crippen LogP contribution in [0, 0.1) is 0 Å². The van der Waals surface area contributed by atoms with Gasteiger partial charge in [0.25, 0.3) is 0 Å². The van der Waals surface area contributed by atoms with E-state index in [4.69, 9.17) is 0 Å². The first kappa shape index (κ1) is 48.4. The Balaban J connectivity index is -0.000000328. The smallest absolute Gasteiger partial charge is 0.550 e. The van der Waals surface area contributed by atoms with E-state index in [1.165, 1.54) is 167 Å². The molecular weight excluding hydrogens is 576 g/mol. The number of carbonyl (C=O) groups is 2. The van der Waals surface area contributed by atoms with Crippen molar-refractivity contribution < 1.29 is 39.3 Å². The molecule has 3 N–H and O–H groups in total. The Hall–Kier alpha value is -0.477. The standard InChI is InChI=1S/2C18H36O2.H3N.Zn/c2*1-2-3-4-5-6-7-8-9-10-11-12-13-14-15-16-17-18(19)20;;/h2*2-17H2,1H3,(H,19,20);1H3;/q;;;+2/p-2. The third-order valence-electron chi connectivity index (χ3n) is 7.97. The number of carboxylic acid groups (broad SMARTS) is 2. The van der Waals surface area contributed by atoms with Crippen LogP contribution in [0.25, 0.3) is 0 Å². The molecule has 0 aliphatic heterocycles. The Kier molecular flexibility index (Phi) is 51.8. The Morgan fingerprint density at radius 3 is 0.619 bits per heavy atom. The summed E-state index contributed by atoms with van der Waals surface area (Å²) in [6.07, 6.45) is 39.7. The molecule has 6 heteroatoms. The van der Waals surface area contributed by atoms with Crippen LogP contribution in [0.1, 0.15) is 219 Å². The SMILES string of the molecule is CCCCCCCCCCCCCCCCCC(=O)[O-].CCCCCCCCCCCCCCCCCC(=O)[O-].N.[Zn+2]. The van der Waals surface area contributed by atoms with E-state index in [0.29, 0.717) is 0 Å². The van der Waals surface area contributed by atoms with Crippen LogP contribution >= 0.6 is 0 Å². The molecule has 0 rings (SSSR count). The Morgan fingerprint density at radius 1 is 0.333 bits per heavy atom. The first-order chi connectivity index (χ1) is 19.5. The molecule has 0 aromatic carbocycles. The van der Waals surface area contributed by atoms with Gasteiger partial charge in [0.05, 0.1) is 0 Å². The topological polar surface area (TPSA) is 115 Å². The van der Waals surface area contributed by atoms with Gasteiger partial charge in [0.15, 0.2) is 0 Å². The second-order valence-corrected chi connectivity index (χ2v) is 12.1. The van der Waals surface area contributed by atoms with E-state index < -0.39 is 11.9 Å². The summed E-state index contributed by atoms with van der Waals surface area (Å²) in [4.78, 5) is 20.4. The van der Waals surface area contributed by atoms with Crippen molar-refractivity contribution in [2.75, 3.05) is 0 Å². The van der Waals surface area contributed by atoms with E-state index in [1.54, 1.807) is 0 Å². The molecule has 0 aliphatic carbocycles. The number of unbranched alkanes of at least 4 members (excludes halogenated alkanes) is 28. The summed E-state index contributed by atoms with van der Waals surface area (Å²) in [6.45, 7) is 4.53. The van der Waals surface area contributed by atoms with E-state index in [-0.39, 0.29) is 38.5 Å². The molecule has 0 aliphatic rings. The predicted molar refractivity (Wildman–Crippen MR) is 174 cm³/mol. The van der Waals surface area contributed by atoms with E-state index in [9.17, 15) is 19.8 Å². The number of hydrogen-bond donors (Lipinski definition) is 1. The molecule has 0 saturated carbocycles. The minimum Gasteiger partial charge on any atom is -0.550 e. The van der Waals surface area contributed by atoms with Gasteiger partial charge < -0.3 is 26.0 Å². The predicted octanol–water partition coefficient (Wildman–Crippen LogP) is 10.2. The monoisotopic (exact) mass is 647 g/mol. The Bertz CT molecular complexity index is 461. The summed E-state index contributed by atoms with van der Waals surface area (Å²) in [7, 11) is 0. The zero-order valence-corrected chi connectivity index (χ0v) is 31.6.